The standard InChI is InChI=1S/C13H14F3NO5S/c14-13(15,16)8-4-5-10(18)11(7-8)23(21,22)17-6-2-1-3-9(17)12(19)20/h4-5,7,9,18H,1-3,6H2,(H,19,20). The summed E-state index contributed by atoms with van der Waals surface area (Å²) in [6.07, 6.45) is -3.83. The first-order valence-corrected chi connectivity index (χ1v) is 8.14. The molecule has 1 saturated heterocycles. The Balaban J connectivity index is 2.52. The van der Waals surface area contributed by atoms with Crippen molar-refractivity contribution in [2.75, 3.05) is 6.54 Å². The molecule has 2 rings (SSSR count). The molecule has 0 bridgehead atoms. The maximum atomic E-state index is 12.8. The number of rotatable bonds is 3. The van der Waals surface area contributed by atoms with Crippen molar-refractivity contribution in [3.63, 3.8) is 0 Å². The molecule has 128 valence electrons. The van der Waals surface area contributed by atoms with Crippen LogP contribution in [0.2, 0.25) is 0 Å². The Morgan fingerprint density at radius 1 is 1.26 bits per heavy atom. The minimum Gasteiger partial charge on any atom is -0.507 e. The number of sulfonamides is 1. The van der Waals surface area contributed by atoms with E-state index >= 15 is 0 Å². The van der Waals surface area contributed by atoms with E-state index < -0.39 is 44.4 Å². The Labute approximate surface area is 130 Å². The third-order valence-electron chi connectivity index (χ3n) is 3.61. The fraction of sp³-hybridized carbons (Fsp3) is 0.462. The van der Waals surface area contributed by atoms with Gasteiger partial charge in [0.2, 0.25) is 10.0 Å². The molecule has 0 spiro atoms. The summed E-state index contributed by atoms with van der Waals surface area (Å²) in [5, 5.41) is 18.8. The highest BCUT2D eigenvalue weighted by Gasteiger charge is 2.40. The van der Waals surface area contributed by atoms with Crippen LogP contribution in [0.5, 0.6) is 5.75 Å². The molecule has 0 saturated carbocycles. The number of nitrogens with zero attached hydrogens (tertiary/aromatic N) is 1. The molecule has 0 aliphatic carbocycles. The third-order valence-corrected chi connectivity index (χ3v) is 5.55. The lowest BCUT2D eigenvalue weighted by atomic mass is 10.1. The molecule has 1 aliphatic heterocycles. The summed E-state index contributed by atoms with van der Waals surface area (Å²) in [6.45, 7) is -0.130. The highest BCUT2D eigenvalue weighted by Crippen LogP contribution is 2.36. The van der Waals surface area contributed by atoms with Gasteiger partial charge in [-0.1, -0.05) is 0 Å². The second-order valence-corrected chi connectivity index (χ2v) is 7.00. The van der Waals surface area contributed by atoms with Crippen LogP contribution in [-0.2, 0) is 21.0 Å². The molecule has 1 fully saturated rings. The third kappa shape index (κ3) is 3.42. The van der Waals surface area contributed by atoms with Gasteiger partial charge in [-0.05, 0) is 37.5 Å². The lowest BCUT2D eigenvalue weighted by Crippen LogP contribution is -2.47. The van der Waals surface area contributed by atoms with E-state index in [1.807, 2.05) is 0 Å². The SMILES string of the molecule is O=C(O)C1CCCCN1S(=O)(=O)c1cc(C(F)(F)F)ccc1O. The van der Waals surface area contributed by atoms with Gasteiger partial charge in [0.25, 0.3) is 0 Å². The van der Waals surface area contributed by atoms with E-state index in [4.69, 9.17) is 5.11 Å². The topological polar surface area (TPSA) is 94.9 Å². The summed E-state index contributed by atoms with van der Waals surface area (Å²) >= 11 is 0. The quantitative estimate of drug-likeness (QED) is 0.867. The van der Waals surface area contributed by atoms with Crippen LogP contribution in [0, 0.1) is 0 Å². The second kappa shape index (κ2) is 6.00. The summed E-state index contributed by atoms with van der Waals surface area (Å²) in [5.41, 5.74) is -1.24. The Morgan fingerprint density at radius 3 is 2.48 bits per heavy atom. The molecule has 1 heterocycles. The number of carbonyl (C=O) groups is 1. The Bertz CT molecular complexity index is 717. The normalized spacial score (nSPS) is 20.4. The van der Waals surface area contributed by atoms with E-state index in [0.29, 0.717) is 35.3 Å². The average Bonchev–Trinajstić information content (AvgIpc) is 2.46. The Kier molecular flexibility index (Phi) is 4.58. The zero-order chi connectivity index (χ0) is 17.4. The zero-order valence-electron chi connectivity index (χ0n) is 11.7. The zero-order valence-corrected chi connectivity index (χ0v) is 12.6. The Hall–Kier alpha value is -1.81. The minimum absolute atomic E-state index is 0.0638. The molecular weight excluding hydrogens is 339 g/mol. The van der Waals surface area contributed by atoms with Crippen molar-refractivity contribution in [3.05, 3.63) is 23.8 Å². The van der Waals surface area contributed by atoms with Gasteiger partial charge in [-0.2, -0.15) is 17.5 Å². The lowest BCUT2D eigenvalue weighted by molar-refractivity contribution is -0.142. The molecule has 0 amide bonds. The van der Waals surface area contributed by atoms with Crippen LogP contribution in [0.1, 0.15) is 24.8 Å². The summed E-state index contributed by atoms with van der Waals surface area (Å²) in [7, 11) is -4.57. The predicted molar refractivity (Wildman–Crippen MR) is 72.3 cm³/mol. The number of benzene rings is 1. The van der Waals surface area contributed by atoms with Crippen molar-refractivity contribution in [3.8, 4) is 5.75 Å². The molecule has 23 heavy (non-hydrogen) atoms. The highest BCUT2D eigenvalue weighted by molar-refractivity contribution is 7.89. The number of phenols is 1. The number of phenolic OH excluding ortho intramolecular Hbond substituents is 1. The number of piperidine rings is 1. The minimum atomic E-state index is -4.79. The fourth-order valence-electron chi connectivity index (χ4n) is 2.46. The van der Waals surface area contributed by atoms with E-state index in [1.165, 1.54) is 0 Å². The van der Waals surface area contributed by atoms with Crippen LogP contribution in [0.4, 0.5) is 13.2 Å². The summed E-state index contributed by atoms with van der Waals surface area (Å²) in [4.78, 5) is 10.3. The number of hydrogen-bond acceptors (Lipinski definition) is 4. The number of aromatic hydroxyl groups is 1. The van der Waals surface area contributed by atoms with Gasteiger partial charge in [0.05, 0.1) is 5.56 Å². The fourth-order valence-corrected chi connectivity index (χ4v) is 4.22. The molecule has 1 aromatic carbocycles. The summed E-state index contributed by atoms with van der Waals surface area (Å²) in [5.74, 6) is -2.23. The van der Waals surface area contributed by atoms with E-state index in [1.54, 1.807) is 0 Å². The number of aliphatic carboxylic acids is 1. The largest absolute Gasteiger partial charge is 0.507 e. The lowest BCUT2D eigenvalue weighted by Gasteiger charge is -2.32. The smallest absolute Gasteiger partial charge is 0.416 e. The van der Waals surface area contributed by atoms with E-state index in [-0.39, 0.29) is 13.0 Å². The number of carboxylic acid groups (broad SMARTS) is 1. The van der Waals surface area contributed by atoms with Gasteiger partial charge in [-0.3, -0.25) is 4.79 Å². The number of halogens is 3. The molecule has 0 radical (unpaired) electrons. The molecule has 0 aromatic heterocycles. The van der Waals surface area contributed by atoms with Crippen LogP contribution in [0.3, 0.4) is 0 Å². The van der Waals surface area contributed by atoms with Gasteiger partial charge >= 0.3 is 12.1 Å². The van der Waals surface area contributed by atoms with Crippen molar-refractivity contribution < 1.29 is 36.6 Å². The molecule has 1 aromatic rings. The second-order valence-electron chi connectivity index (χ2n) is 5.15. The first-order chi connectivity index (χ1) is 10.5. The van der Waals surface area contributed by atoms with Crippen molar-refractivity contribution in [1.29, 1.82) is 0 Å². The van der Waals surface area contributed by atoms with Crippen LogP contribution >= 0.6 is 0 Å². The maximum Gasteiger partial charge on any atom is 0.416 e. The van der Waals surface area contributed by atoms with Gasteiger partial charge in [0.1, 0.15) is 16.7 Å². The van der Waals surface area contributed by atoms with Crippen molar-refractivity contribution in [2.24, 2.45) is 0 Å². The van der Waals surface area contributed by atoms with Crippen molar-refractivity contribution in [2.45, 2.75) is 36.4 Å². The predicted octanol–water partition coefficient (Wildman–Crippen LogP) is 2.04. The monoisotopic (exact) mass is 353 g/mol. The van der Waals surface area contributed by atoms with Crippen LogP contribution in [0.15, 0.2) is 23.1 Å². The van der Waals surface area contributed by atoms with Gasteiger partial charge < -0.3 is 10.2 Å². The van der Waals surface area contributed by atoms with Gasteiger partial charge in [0.15, 0.2) is 0 Å². The Morgan fingerprint density at radius 2 is 1.91 bits per heavy atom. The molecule has 6 nitrogen and oxygen atoms in total. The van der Waals surface area contributed by atoms with E-state index in [0.717, 1.165) is 0 Å². The van der Waals surface area contributed by atoms with Gasteiger partial charge in [0, 0.05) is 6.54 Å². The van der Waals surface area contributed by atoms with E-state index in [2.05, 4.69) is 0 Å². The average molecular weight is 353 g/mol. The number of carboxylic acids is 1. The molecular formula is C13H14F3NO5S. The van der Waals surface area contributed by atoms with Crippen LogP contribution in [0.25, 0.3) is 0 Å². The highest BCUT2D eigenvalue weighted by atomic mass is 32.2. The summed E-state index contributed by atoms with van der Waals surface area (Å²) < 4.78 is 64.0. The van der Waals surface area contributed by atoms with Gasteiger partial charge in [-0.15, -0.1) is 0 Å². The number of hydrogen-bond donors (Lipinski definition) is 2. The first kappa shape index (κ1) is 17.5. The van der Waals surface area contributed by atoms with E-state index in [9.17, 15) is 31.5 Å². The van der Waals surface area contributed by atoms with Gasteiger partial charge in [-0.25, -0.2) is 8.42 Å². The van der Waals surface area contributed by atoms with Crippen molar-refractivity contribution >= 4 is 16.0 Å². The maximum absolute atomic E-state index is 12.8. The molecule has 2 N–H and O–H groups in total. The molecule has 10 heteroatoms. The number of alkyl halides is 3. The van der Waals surface area contributed by atoms with Crippen LogP contribution in [-0.4, -0.2) is 41.5 Å². The first-order valence-electron chi connectivity index (χ1n) is 6.70. The molecule has 1 aliphatic rings. The molecule has 1 atom stereocenters. The molecule has 1 unspecified atom stereocenters. The van der Waals surface area contributed by atoms with Crippen LogP contribution < -0.4 is 0 Å². The van der Waals surface area contributed by atoms with Crippen molar-refractivity contribution in [1.82, 2.24) is 4.31 Å². The summed E-state index contributed by atoms with van der Waals surface area (Å²) in [6, 6.07) is 0.148.